The van der Waals surface area contributed by atoms with Crippen LogP contribution in [0.2, 0.25) is 0 Å². The van der Waals surface area contributed by atoms with Crippen molar-refractivity contribution in [2.45, 2.75) is 0 Å². The van der Waals surface area contributed by atoms with Crippen molar-refractivity contribution in [2.75, 3.05) is 0 Å². The quantitative estimate of drug-likeness (QED) is 0.172. The largest absolute Gasteiger partial charge is 0.316 e. The molecule has 262 valence electrons. The Balaban J connectivity index is 0.991. The SMILES string of the molecule is c1ccc(-c2cc(-c3ccccc3)nc(-c3ccc(-c4ccc(-n5c6ccccc6c6c7c(ccc8ccn(-c9ccccc9)c87)ccc65)cc4)cc3)n2)cc1. The van der Waals surface area contributed by atoms with Gasteiger partial charge >= 0.3 is 0 Å². The van der Waals surface area contributed by atoms with Gasteiger partial charge in [0.1, 0.15) is 0 Å². The van der Waals surface area contributed by atoms with Crippen LogP contribution in [0.1, 0.15) is 0 Å². The van der Waals surface area contributed by atoms with Crippen LogP contribution in [0.3, 0.4) is 0 Å². The molecule has 0 radical (unpaired) electrons. The summed E-state index contributed by atoms with van der Waals surface area (Å²) in [6, 6.07) is 70.9. The van der Waals surface area contributed by atoms with Crippen LogP contribution in [-0.2, 0) is 0 Å². The lowest BCUT2D eigenvalue weighted by molar-refractivity contribution is 1.13. The van der Waals surface area contributed by atoms with E-state index in [0.29, 0.717) is 5.82 Å². The molecular formula is C52H34N4. The maximum atomic E-state index is 5.03. The van der Waals surface area contributed by atoms with E-state index >= 15 is 0 Å². The molecule has 11 aromatic rings. The smallest absolute Gasteiger partial charge is 0.160 e. The summed E-state index contributed by atoms with van der Waals surface area (Å²) in [6.07, 6.45) is 2.19. The Morgan fingerprint density at radius 1 is 0.357 bits per heavy atom. The predicted octanol–water partition coefficient (Wildman–Crippen LogP) is 13.3. The Kier molecular flexibility index (Phi) is 7.46. The van der Waals surface area contributed by atoms with E-state index in [0.717, 1.165) is 50.6 Å². The van der Waals surface area contributed by atoms with Gasteiger partial charge in [0.2, 0.25) is 0 Å². The molecule has 0 saturated carbocycles. The Morgan fingerprint density at radius 3 is 1.59 bits per heavy atom. The van der Waals surface area contributed by atoms with Gasteiger partial charge in [-0.15, -0.1) is 0 Å². The lowest BCUT2D eigenvalue weighted by Crippen LogP contribution is -1.96. The van der Waals surface area contributed by atoms with Gasteiger partial charge in [0.15, 0.2) is 5.82 Å². The lowest BCUT2D eigenvalue weighted by Gasteiger charge is -2.12. The molecule has 0 atom stereocenters. The summed E-state index contributed by atoms with van der Waals surface area (Å²) in [5, 5.41) is 6.25. The maximum Gasteiger partial charge on any atom is 0.160 e. The molecule has 0 saturated heterocycles. The first kappa shape index (κ1) is 31.9. The molecule has 0 aliphatic heterocycles. The Bertz CT molecular complexity index is 3140. The van der Waals surface area contributed by atoms with Crippen LogP contribution in [0.5, 0.6) is 0 Å². The highest BCUT2D eigenvalue weighted by atomic mass is 15.0. The molecule has 4 heteroatoms. The third-order valence-electron chi connectivity index (χ3n) is 11.0. The predicted molar refractivity (Wildman–Crippen MR) is 232 cm³/mol. The van der Waals surface area contributed by atoms with E-state index in [-0.39, 0.29) is 0 Å². The van der Waals surface area contributed by atoms with Crippen molar-refractivity contribution >= 4 is 43.5 Å². The molecule has 0 fully saturated rings. The molecule has 0 aliphatic carbocycles. The van der Waals surface area contributed by atoms with Crippen molar-refractivity contribution in [3.63, 3.8) is 0 Å². The molecule has 0 bridgehead atoms. The number of benzene rings is 8. The zero-order chi connectivity index (χ0) is 37.0. The van der Waals surface area contributed by atoms with Crippen LogP contribution in [0.15, 0.2) is 206 Å². The summed E-state index contributed by atoms with van der Waals surface area (Å²) in [5.74, 6) is 0.708. The topological polar surface area (TPSA) is 35.6 Å². The second-order valence-electron chi connectivity index (χ2n) is 14.3. The minimum Gasteiger partial charge on any atom is -0.316 e. The van der Waals surface area contributed by atoms with Gasteiger partial charge in [0.25, 0.3) is 0 Å². The fraction of sp³-hybridized carbons (Fsp3) is 0. The normalized spacial score (nSPS) is 11.6. The molecule has 11 rings (SSSR count). The van der Waals surface area contributed by atoms with Crippen LogP contribution in [0.4, 0.5) is 0 Å². The molecule has 0 unspecified atom stereocenters. The number of fused-ring (bicyclic) bond motifs is 7. The number of rotatable bonds is 6. The monoisotopic (exact) mass is 714 g/mol. The molecule has 3 aromatic heterocycles. The summed E-state index contributed by atoms with van der Waals surface area (Å²) < 4.78 is 4.74. The average Bonchev–Trinajstić information content (AvgIpc) is 3.87. The second kappa shape index (κ2) is 13.1. The van der Waals surface area contributed by atoms with Gasteiger partial charge in [-0.05, 0) is 65.0 Å². The van der Waals surface area contributed by atoms with E-state index in [1.54, 1.807) is 0 Å². The molecule has 56 heavy (non-hydrogen) atoms. The van der Waals surface area contributed by atoms with Gasteiger partial charge in [0.05, 0.1) is 27.9 Å². The highest BCUT2D eigenvalue weighted by Crippen LogP contribution is 2.41. The summed E-state index contributed by atoms with van der Waals surface area (Å²) in [7, 11) is 0. The van der Waals surface area contributed by atoms with Crippen molar-refractivity contribution in [3.8, 4) is 56.4 Å². The Labute approximate surface area is 324 Å². The summed E-state index contributed by atoms with van der Waals surface area (Å²) in [4.78, 5) is 10.1. The van der Waals surface area contributed by atoms with E-state index in [2.05, 4.69) is 179 Å². The van der Waals surface area contributed by atoms with Crippen molar-refractivity contribution < 1.29 is 0 Å². The lowest BCUT2D eigenvalue weighted by atomic mass is 10.0. The summed E-state index contributed by atoms with van der Waals surface area (Å²) in [6.45, 7) is 0. The van der Waals surface area contributed by atoms with Crippen molar-refractivity contribution in [2.24, 2.45) is 0 Å². The molecule has 4 nitrogen and oxygen atoms in total. The van der Waals surface area contributed by atoms with Crippen molar-refractivity contribution in [3.05, 3.63) is 206 Å². The maximum absolute atomic E-state index is 5.03. The third-order valence-corrected chi connectivity index (χ3v) is 11.0. The van der Waals surface area contributed by atoms with E-state index in [9.17, 15) is 0 Å². The first-order chi connectivity index (χ1) is 27.8. The number of nitrogens with zero attached hydrogens (tertiary/aromatic N) is 4. The highest BCUT2D eigenvalue weighted by molar-refractivity contribution is 6.27. The third kappa shape index (κ3) is 5.31. The summed E-state index contributed by atoms with van der Waals surface area (Å²) >= 11 is 0. The zero-order valence-electron chi connectivity index (χ0n) is 30.4. The van der Waals surface area contributed by atoms with E-state index in [4.69, 9.17) is 9.97 Å². The first-order valence-electron chi connectivity index (χ1n) is 19.0. The molecule has 0 spiro atoms. The number of aromatic nitrogens is 4. The summed E-state index contributed by atoms with van der Waals surface area (Å²) in [5.41, 5.74) is 13.1. The van der Waals surface area contributed by atoms with E-state index < -0.39 is 0 Å². The molecule has 8 aromatic carbocycles. The first-order valence-corrected chi connectivity index (χ1v) is 19.0. The molecular weight excluding hydrogens is 681 g/mol. The van der Waals surface area contributed by atoms with Crippen LogP contribution < -0.4 is 0 Å². The number of hydrogen-bond acceptors (Lipinski definition) is 2. The highest BCUT2D eigenvalue weighted by Gasteiger charge is 2.18. The van der Waals surface area contributed by atoms with Crippen LogP contribution in [-0.4, -0.2) is 19.1 Å². The van der Waals surface area contributed by atoms with Crippen molar-refractivity contribution in [1.82, 2.24) is 19.1 Å². The molecule has 0 N–H and O–H groups in total. The second-order valence-corrected chi connectivity index (χ2v) is 14.3. The van der Waals surface area contributed by atoms with E-state index in [1.165, 1.54) is 43.5 Å². The minimum absolute atomic E-state index is 0.708. The van der Waals surface area contributed by atoms with Crippen LogP contribution in [0.25, 0.3) is 99.9 Å². The molecule has 3 heterocycles. The minimum atomic E-state index is 0.708. The van der Waals surface area contributed by atoms with Gasteiger partial charge in [-0.1, -0.05) is 152 Å². The fourth-order valence-electron chi connectivity index (χ4n) is 8.28. The average molecular weight is 715 g/mol. The van der Waals surface area contributed by atoms with Gasteiger partial charge in [-0.3, -0.25) is 0 Å². The van der Waals surface area contributed by atoms with Crippen molar-refractivity contribution in [1.29, 1.82) is 0 Å². The molecule has 0 amide bonds. The van der Waals surface area contributed by atoms with Gasteiger partial charge < -0.3 is 9.13 Å². The zero-order valence-corrected chi connectivity index (χ0v) is 30.4. The standard InChI is InChI=1S/C52H34N4/c1-4-12-37(13-5-1)45-34-46(38-14-6-2-7-15-38)54-52(53-45)41-24-20-35(21-25-41)36-26-29-43(30-27-36)56-47-19-11-10-18-44(47)50-48(56)31-28-39-22-23-40-32-33-55(51(40)49(39)50)42-16-8-3-9-17-42/h1-34H. The van der Waals surface area contributed by atoms with Crippen LogP contribution >= 0.6 is 0 Å². The van der Waals surface area contributed by atoms with E-state index in [1.807, 2.05) is 36.4 Å². The number of para-hydroxylation sites is 2. The Morgan fingerprint density at radius 2 is 0.911 bits per heavy atom. The van der Waals surface area contributed by atoms with Crippen LogP contribution in [0, 0.1) is 0 Å². The fourth-order valence-corrected chi connectivity index (χ4v) is 8.28. The molecule has 0 aliphatic rings. The number of hydrogen-bond donors (Lipinski definition) is 0. The van der Waals surface area contributed by atoms with Gasteiger partial charge in [-0.25, -0.2) is 9.97 Å². The Hall–Kier alpha value is -7.56. The van der Waals surface area contributed by atoms with Gasteiger partial charge in [0, 0.05) is 55.8 Å². The van der Waals surface area contributed by atoms with Gasteiger partial charge in [-0.2, -0.15) is 0 Å².